The van der Waals surface area contributed by atoms with Crippen LogP contribution in [0.2, 0.25) is 5.02 Å². The van der Waals surface area contributed by atoms with Crippen molar-refractivity contribution in [1.29, 1.82) is 0 Å². The van der Waals surface area contributed by atoms with E-state index in [-0.39, 0.29) is 29.4 Å². The lowest BCUT2D eigenvalue weighted by Crippen LogP contribution is -2.47. The van der Waals surface area contributed by atoms with Gasteiger partial charge in [-0.3, -0.25) is 4.99 Å². The van der Waals surface area contributed by atoms with Gasteiger partial charge in [0, 0.05) is 43.8 Å². The van der Waals surface area contributed by atoms with Crippen LogP contribution in [0.5, 0.6) is 5.75 Å². The summed E-state index contributed by atoms with van der Waals surface area (Å²) in [6.45, 7) is 5.70. The minimum Gasteiger partial charge on any atom is -0.494 e. The summed E-state index contributed by atoms with van der Waals surface area (Å²) in [6.07, 6.45) is 1.95. The lowest BCUT2D eigenvalue weighted by Gasteiger charge is -2.38. The van der Waals surface area contributed by atoms with Crippen molar-refractivity contribution in [3.05, 3.63) is 64.7 Å². The minimum absolute atomic E-state index is 0. The molecular formula is C23H31ClIN3O2. The van der Waals surface area contributed by atoms with E-state index in [1.807, 2.05) is 31.2 Å². The van der Waals surface area contributed by atoms with Gasteiger partial charge < -0.3 is 20.1 Å². The maximum Gasteiger partial charge on any atom is 0.191 e. The fraction of sp³-hybridized carbons (Fsp3) is 0.435. The van der Waals surface area contributed by atoms with Gasteiger partial charge in [-0.05, 0) is 55.2 Å². The topological polar surface area (TPSA) is 54.9 Å². The number of halogens is 2. The lowest BCUT2D eigenvalue weighted by atomic mass is 9.74. The van der Waals surface area contributed by atoms with Crippen LogP contribution >= 0.6 is 35.6 Å². The predicted molar refractivity (Wildman–Crippen MR) is 134 cm³/mol. The standard InChI is InChI=1S/C23H30ClN3O2.HI/c1-3-29-21-10-6-19(7-11-21)23(12-14-28-15-13-23)17-27-22(25-2)26-16-18-4-8-20(24)9-5-18;/h4-11H,3,12-17H2,1-2H3,(H2,25,26,27);1H. The summed E-state index contributed by atoms with van der Waals surface area (Å²) >= 11 is 5.96. The molecule has 0 atom stereocenters. The Morgan fingerprint density at radius 1 is 1.07 bits per heavy atom. The zero-order chi connectivity index (χ0) is 20.5. The summed E-state index contributed by atoms with van der Waals surface area (Å²) in [5, 5.41) is 7.65. The van der Waals surface area contributed by atoms with Gasteiger partial charge in [-0.15, -0.1) is 24.0 Å². The number of guanidine groups is 1. The highest BCUT2D eigenvalue weighted by Crippen LogP contribution is 2.35. The fourth-order valence-electron chi connectivity index (χ4n) is 3.66. The highest BCUT2D eigenvalue weighted by atomic mass is 127. The molecule has 30 heavy (non-hydrogen) atoms. The molecule has 0 unspecified atom stereocenters. The zero-order valence-electron chi connectivity index (χ0n) is 17.6. The molecule has 0 aromatic heterocycles. The van der Waals surface area contributed by atoms with Crippen LogP contribution in [0.25, 0.3) is 0 Å². The predicted octanol–water partition coefficient (Wildman–Crippen LogP) is 4.77. The van der Waals surface area contributed by atoms with Crippen LogP contribution in [0.15, 0.2) is 53.5 Å². The van der Waals surface area contributed by atoms with Gasteiger partial charge in [0.1, 0.15) is 5.75 Å². The smallest absolute Gasteiger partial charge is 0.191 e. The van der Waals surface area contributed by atoms with Crippen LogP contribution in [0.3, 0.4) is 0 Å². The van der Waals surface area contributed by atoms with E-state index in [4.69, 9.17) is 21.1 Å². The van der Waals surface area contributed by atoms with Crippen molar-refractivity contribution in [2.24, 2.45) is 4.99 Å². The third-order valence-corrected chi connectivity index (χ3v) is 5.67. The Morgan fingerprint density at radius 2 is 1.73 bits per heavy atom. The van der Waals surface area contributed by atoms with E-state index < -0.39 is 0 Å². The molecule has 1 saturated heterocycles. The lowest BCUT2D eigenvalue weighted by molar-refractivity contribution is 0.0513. The van der Waals surface area contributed by atoms with Crippen molar-refractivity contribution in [1.82, 2.24) is 10.6 Å². The van der Waals surface area contributed by atoms with Crippen molar-refractivity contribution in [3.8, 4) is 5.75 Å². The molecule has 0 spiro atoms. The largest absolute Gasteiger partial charge is 0.494 e. The van der Waals surface area contributed by atoms with Crippen LogP contribution in [-0.4, -0.2) is 39.4 Å². The molecule has 0 amide bonds. The Balaban J connectivity index is 0.00000320. The molecule has 3 rings (SSSR count). The Hall–Kier alpha value is -1.51. The van der Waals surface area contributed by atoms with E-state index in [1.165, 1.54) is 5.56 Å². The SMILES string of the molecule is CCOc1ccc(C2(CNC(=NC)NCc3ccc(Cl)cc3)CCOCC2)cc1.I. The van der Waals surface area contributed by atoms with Crippen molar-refractivity contribution >= 4 is 41.5 Å². The van der Waals surface area contributed by atoms with Crippen LogP contribution in [0.1, 0.15) is 30.9 Å². The molecule has 7 heteroatoms. The molecule has 1 fully saturated rings. The summed E-state index contributed by atoms with van der Waals surface area (Å²) < 4.78 is 11.2. The fourth-order valence-corrected chi connectivity index (χ4v) is 3.79. The van der Waals surface area contributed by atoms with Gasteiger partial charge in [-0.2, -0.15) is 0 Å². The number of nitrogens with zero attached hydrogens (tertiary/aromatic N) is 1. The maximum absolute atomic E-state index is 5.96. The Labute approximate surface area is 201 Å². The molecule has 164 valence electrons. The molecule has 0 aliphatic carbocycles. The highest BCUT2D eigenvalue weighted by Gasteiger charge is 2.34. The summed E-state index contributed by atoms with van der Waals surface area (Å²) in [6, 6.07) is 16.3. The van der Waals surface area contributed by atoms with Crippen LogP contribution in [0.4, 0.5) is 0 Å². The van der Waals surface area contributed by atoms with E-state index >= 15 is 0 Å². The van der Waals surface area contributed by atoms with Gasteiger partial charge in [0.2, 0.25) is 0 Å². The monoisotopic (exact) mass is 543 g/mol. The summed E-state index contributed by atoms with van der Waals surface area (Å²) in [7, 11) is 1.80. The van der Waals surface area contributed by atoms with E-state index in [9.17, 15) is 0 Å². The van der Waals surface area contributed by atoms with Gasteiger partial charge in [0.25, 0.3) is 0 Å². The van der Waals surface area contributed by atoms with E-state index in [1.54, 1.807) is 7.05 Å². The Bertz CT molecular complexity index is 791. The second-order valence-corrected chi connectivity index (χ2v) is 7.69. The zero-order valence-corrected chi connectivity index (χ0v) is 20.7. The Kier molecular flexibility index (Phi) is 10.2. The number of benzene rings is 2. The molecule has 0 radical (unpaired) electrons. The average Bonchev–Trinajstić information content (AvgIpc) is 2.76. The molecule has 5 nitrogen and oxygen atoms in total. The second-order valence-electron chi connectivity index (χ2n) is 7.26. The number of aliphatic imine (C=N–C) groups is 1. The van der Waals surface area contributed by atoms with Crippen LogP contribution < -0.4 is 15.4 Å². The normalized spacial score (nSPS) is 15.8. The molecule has 1 aliphatic heterocycles. The third kappa shape index (κ3) is 6.75. The van der Waals surface area contributed by atoms with Gasteiger partial charge in [-0.25, -0.2) is 0 Å². The molecule has 2 aromatic carbocycles. The first-order valence-electron chi connectivity index (χ1n) is 10.2. The summed E-state index contributed by atoms with van der Waals surface area (Å²) in [4.78, 5) is 4.39. The van der Waals surface area contributed by atoms with Gasteiger partial charge in [0.05, 0.1) is 6.61 Å². The number of hydrogen-bond acceptors (Lipinski definition) is 3. The average molecular weight is 544 g/mol. The first-order valence-corrected chi connectivity index (χ1v) is 10.5. The molecule has 2 aromatic rings. The molecule has 1 aliphatic rings. The first-order chi connectivity index (χ1) is 14.1. The summed E-state index contributed by atoms with van der Waals surface area (Å²) in [5.41, 5.74) is 2.48. The first kappa shape index (κ1) is 24.8. The van der Waals surface area contributed by atoms with Crippen molar-refractivity contribution in [3.63, 3.8) is 0 Å². The highest BCUT2D eigenvalue weighted by molar-refractivity contribution is 14.0. The van der Waals surface area contributed by atoms with Crippen LogP contribution in [0, 0.1) is 0 Å². The van der Waals surface area contributed by atoms with Crippen molar-refractivity contribution < 1.29 is 9.47 Å². The molecule has 1 heterocycles. The van der Waals surface area contributed by atoms with E-state index in [0.29, 0.717) is 13.2 Å². The number of ether oxygens (including phenoxy) is 2. The van der Waals surface area contributed by atoms with E-state index in [2.05, 4.69) is 39.9 Å². The molecule has 0 saturated carbocycles. The number of hydrogen-bond donors (Lipinski definition) is 2. The number of nitrogens with one attached hydrogen (secondary N) is 2. The Morgan fingerprint density at radius 3 is 2.33 bits per heavy atom. The second kappa shape index (κ2) is 12.4. The third-order valence-electron chi connectivity index (χ3n) is 5.42. The van der Waals surface area contributed by atoms with Gasteiger partial charge >= 0.3 is 0 Å². The van der Waals surface area contributed by atoms with Crippen molar-refractivity contribution in [2.45, 2.75) is 31.7 Å². The molecule has 0 bridgehead atoms. The van der Waals surface area contributed by atoms with Gasteiger partial charge in [0.15, 0.2) is 5.96 Å². The van der Waals surface area contributed by atoms with Crippen LogP contribution in [-0.2, 0) is 16.7 Å². The molecule has 2 N–H and O–H groups in total. The van der Waals surface area contributed by atoms with Gasteiger partial charge in [-0.1, -0.05) is 35.9 Å². The molecular weight excluding hydrogens is 513 g/mol. The minimum atomic E-state index is 0. The number of rotatable bonds is 7. The van der Waals surface area contributed by atoms with Crippen molar-refractivity contribution in [2.75, 3.05) is 33.4 Å². The van der Waals surface area contributed by atoms with E-state index in [0.717, 1.165) is 54.9 Å². The maximum atomic E-state index is 5.96. The quantitative estimate of drug-likeness (QED) is 0.300. The summed E-state index contributed by atoms with van der Waals surface area (Å²) in [5.74, 6) is 1.70.